The lowest BCUT2D eigenvalue weighted by atomic mass is 10.1. The second kappa shape index (κ2) is 6.41. The second-order valence-corrected chi connectivity index (χ2v) is 6.97. The molecule has 0 bridgehead atoms. The number of amides is 1. The van der Waals surface area contributed by atoms with Crippen LogP contribution in [-0.2, 0) is 6.42 Å². The van der Waals surface area contributed by atoms with Gasteiger partial charge in [-0.25, -0.2) is 0 Å². The van der Waals surface area contributed by atoms with E-state index >= 15 is 0 Å². The molecule has 1 heterocycles. The van der Waals surface area contributed by atoms with Crippen LogP contribution in [0.3, 0.4) is 0 Å². The van der Waals surface area contributed by atoms with Crippen LogP contribution in [0.2, 0.25) is 0 Å². The Labute approximate surface area is 131 Å². The number of benzene rings is 1. The lowest BCUT2D eigenvalue weighted by Gasteiger charge is -2.14. The highest BCUT2D eigenvalue weighted by Crippen LogP contribution is 2.24. The molecule has 2 rings (SSSR count). The molecule has 0 aliphatic carbocycles. The maximum atomic E-state index is 12.2. The Morgan fingerprint density at radius 2 is 2.15 bits per heavy atom. The Bertz CT molecular complexity index is 624. The lowest BCUT2D eigenvalue weighted by Crippen LogP contribution is -2.34. The van der Waals surface area contributed by atoms with E-state index in [9.17, 15) is 4.79 Å². The molecule has 20 heavy (non-hydrogen) atoms. The number of nitrogens with one attached hydrogen (secondary N) is 1. The number of rotatable bonds is 4. The predicted molar refractivity (Wildman–Crippen MR) is 88.2 cm³/mol. The Hall–Kier alpha value is -1.33. The van der Waals surface area contributed by atoms with E-state index < -0.39 is 0 Å². The molecule has 0 spiro atoms. The van der Waals surface area contributed by atoms with E-state index in [0.717, 1.165) is 6.42 Å². The van der Waals surface area contributed by atoms with Crippen LogP contribution in [0.4, 0.5) is 5.69 Å². The van der Waals surface area contributed by atoms with Crippen LogP contribution in [0.15, 0.2) is 34.8 Å². The molecule has 1 atom stereocenters. The summed E-state index contributed by atoms with van der Waals surface area (Å²) in [4.78, 5) is 14.8. The molecule has 0 radical (unpaired) electrons. The fourth-order valence-corrected chi connectivity index (χ4v) is 3.44. The summed E-state index contributed by atoms with van der Waals surface area (Å²) in [7, 11) is 0. The average molecular weight is 353 g/mol. The highest BCUT2D eigenvalue weighted by atomic mass is 79.9. The maximum absolute atomic E-state index is 12.2. The third kappa shape index (κ3) is 3.61. The summed E-state index contributed by atoms with van der Waals surface area (Å²) in [5, 5.41) is 3.00. The predicted octanol–water partition coefficient (Wildman–Crippen LogP) is 3.76. The number of carbonyl (C=O) groups is 1. The number of halogens is 1. The fourth-order valence-electron chi connectivity index (χ4n) is 1.97. The first-order chi connectivity index (χ1) is 9.47. The summed E-state index contributed by atoms with van der Waals surface area (Å²) >= 11 is 5.12. The Kier molecular flexibility index (Phi) is 4.83. The molecular weight excluding hydrogens is 336 g/mol. The zero-order chi connectivity index (χ0) is 14.7. The van der Waals surface area contributed by atoms with Gasteiger partial charge in [-0.1, -0.05) is 6.07 Å². The number of carbonyl (C=O) groups excluding carboxylic acids is 1. The molecule has 1 unspecified atom stereocenters. The topological polar surface area (TPSA) is 55.1 Å². The summed E-state index contributed by atoms with van der Waals surface area (Å²) in [6.07, 6.45) is 0.837. The van der Waals surface area contributed by atoms with Gasteiger partial charge in [0.1, 0.15) is 0 Å². The molecular formula is C15H17BrN2OS. The Morgan fingerprint density at radius 3 is 2.80 bits per heavy atom. The van der Waals surface area contributed by atoms with Crippen LogP contribution in [0, 0.1) is 6.92 Å². The molecule has 0 fully saturated rings. The fraction of sp³-hybridized carbons (Fsp3) is 0.267. The van der Waals surface area contributed by atoms with Gasteiger partial charge in [0.05, 0.1) is 10.0 Å². The van der Waals surface area contributed by atoms with Gasteiger partial charge in [-0.3, -0.25) is 4.79 Å². The minimum absolute atomic E-state index is 0.0777. The van der Waals surface area contributed by atoms with Gasteiger partial charge in [0.25, 0.3) is 5.91 Å². The molecule has 0 saturated heterocycles. The zero-order valence-electron chi connectivity index (χ0n) is 11.4. The van der Waals surface area contributed by atoms with E-state index in [4.69, 9.17) is 5.73 Å². The van der Waals surface area contributed by atoms with Crippen molar-refractivity contribution in [1.82, 2.24) is 5.32 Å². The van der Waals surface area contributed by atoms with Crippen molar-refractivity contribution in [2.75, 3.05) is 5.73 Å². The molecule has 5 heteroatoms. The molecule has 106 valence electrons. The number of anilines is 1. The van der Waals surface area contributed by atoms with E-state index in [-0.39, 0.29) is 11.9 Å². The van der Waals surface area contributed by atoms with Crippen molar-refractivity contribution in [2.45, 2.75) is 26.3 Å². The Morgan fingerprint density at radius 1 is 1.40 bits per heavy atom. The van der Waals surface area contributed by atoms with Gasteiger partial charge in [0.15, 0.2) is 0 Å². The summed E-state index contributed by atoms with van der Waals surface area (Å²) in [5.74, 6) is -0.107. The lowest BCUT2D eigenvalue weighted by molar-refractivity contribution is 0.0939. The van der Waals surface area contributed by atoms with Crippen molar-refractivity contribution in [3.05, 3.63) is 50.1 Å². The molecule has 1 aromatic carbocycles. The number of nitrogens with two attached hydrogens (primary N) is 1. The normalized spacial score (nSPS) is 12.2. The van der Waals surface area contributed by atoms with Gasteiger partial charge in [-0.15, -0.1) is 11.3 Å². The number of thiophene rings is 1. The summed E-state index contributed by atoms with van der Waals surface area (Å²) in [5.41, 5.74) is 6.93. The van der Waals surface area contributed by atoms with E-state index in [0.29, 0.717) is 15.7 Å². The van der Waals surface area contributed by atoms with Gasteiger partial charge in [-0.2, -0.15) is 0 Å². The highest BCUT2D eigenvalue weighted by molar-refractivity contribution is 9.10. The van der Waals surface area contributed by atoms with Gasteiger partial charge >= 0.3 is 0 Å². The SMILES string of the molecule is Cc1ccc(CC(C)NC(=O)c2cccc(N)c2Br)s1. The van der Waals surface area contributed by atoms with Gasteiger partial charge < -0.3 is 11.1 Å². The number of hydrogen-bond acceptors (Lipinski definition) is 3. The number of hydrogen-bond donors (Lipinski definition) is 2. The first-order valence-corrected chi connectivity index (χ1v) is 7.98. The summed E-state index contributed by atoms with van der Waals surface area (Å²) in [6.45, 7) is 4.09. The van der Waals surface area contributed by atoms with Crippen molar-refractivity contribution in [2.24, 2.45) is 0 Å². The molecule has 0 aliphatic rings. The minimum Gasteiger partial charge on any atom is -0.398 e. The van der Waals surface area contributed by atoms with E-state index in [1.807, 2.05) is 6.92 Å². The van der Waals surface area contributed by atoms with E-state index in [2.05, 4.69) is 40.3 Å². The van der Waals surface area contributed by atoms with Crippen LogP contribution in [0.1, 0.15) is 27.0 Å². The van der Waals surface area contributed by atoms with Crippen LogP contribution in [0.25, 0.3) is 0 Å². The van der Waals surface area contributed by atoms with Crippen molar-refractivity contribution in [3.63, 3.8) is 0 Å². The highest BCUT2D eigenvalue weighted by Gasteiger charge is 2.14. The van der Waals surface area contributed by atoms with E-state index in [1.165, 1.54) is 9.75 Å². The average Bonchev–Trinajstić information content (AvgIpc) is 2.77. The number of aryl methyl sites for hydroxylation is 1. The van der Waals surface area contributed by atoms with Crippen LogP contribution >= 0.6 is 27.3 Å². The third-order valence-corrected chi connectivity index (χ3v) is 4.86. The van der Waals surface area contributed by atoms with Crippen LogP contribution in [-0.4, -0.2) is 11.9 Å². The van der Waals surface area contributed by atoms with Crippen molar-refractivity contribution < 1.29 is 4.79 Å². The van der Waals surface area contributed by atoms with Gasteiger partial charge in [0, 0.05) is 27.9 Å². The first-order valence-electron chi connectivity index (χ1n) is 6.37. The number of nitrogen functional groups attached to an aromatic ring is 1. The first kappa shape index (κ1) is 15.1. The molecule has 3 N–H and O–H groups in total. The summed E-state index contributed by atoms with van der Waals surface area (Å²) in [6, 6.07) is 9.59. The quantitative estimate of drug-likeness (QED) is 0.823. The zero-order valence-corrected chi connectivity index (χ0v) is 13.8. The molecule has 0 aliphatic heterocycles. The third-order valence-electron chi connectivity index (χ3n) is 2.95. The van der Waals surface area contributed by atoms with Gasteiger partial charge in [0.2, 0.25) is 0 Å². The summed E-state index contributed by atoms with van der Waals surface area (Å²) < 4.78 is 0.650. The van der Waals surface area contributed by atoms with Crippen LogP contribution in [0.5, 0.6) is 0 Å². The minimum atomic E-state index is -0.107. The molecule has 3 nitrogen and oxygen atoms in total. The molecule has 0 saturated carbocycles. The molecule has 2 aromatic rings. The molecule has 1 amide bonds. The van der Waals surface area contributed by atoms with Gasteiger partial charge in [-0.05, 0) is 54.0 Å². The second-order valence-electron chi connectivity index (χ2n) is 4.80. The largest absolute Gasteiger partial charge is 0.398 e. The maximum Gasteiger partial charge on any atom is 0.252 e. The van der Waals surface area contributed by atoms with Crippen LogP contribution < -0.4 is 11.1 Å². The smallest absolute Gasteiger partial charge is 0.252 e. The Balaban J connectivity index is 2.02. The van der Waals surface area contributed by atoms with Crippen molar-refractivity contribution >= 4 is 38.9 Å². The van der Waals surface area contributed by atoms with Crippen molar-refractivity contribution in [3.8, 4) is 0 Å². The monoisotopic (exact) mass is 352 g/mol. The van der Waals surface area contributed by atoms with Crippen molar-refractivity contribution in [1.29, 1.82) is 0 Å². The standard InChI is InChI=1S/C15H17BrN2OS/c1-9(8-11-7-6-10(2)20-11)18-15(19)12-4-3-5-13(17)14(12)16/h3-7,9H,8,17H2,1-2H3,(H,18,19). The van der Waals surface area contributed by atoms with E-state index in [1.54, 1.807) is 29.5 Å². The molecule has 1 aromatic heterocycles.